The molecule has 2 atom stereocenters. The number of pyridine rings is 1. The Morgan fingerprint density at radius 3 is 2.21 bits per heavy atom. The van der Waals surface area contributed by atoms with Crippen LogP contribution in [0.4, 0.5) is 11.4 Å². The van der Waals surface area contributed by atoms with E-state index in [0.717, 1.165) is 39.8 Å². The number of piperidine rings is 1. The average molecular weight is 543 g/mol. The molecular weight excluding hydrogens is 508 g/mol. The molecule has 0 radical (unpaired) electrons. The van der Waals surface area contributed by atoms with Crippen LogP contribution in [0.2, 0.25) is 0 Å². The summed E-state index contributed by atoms with van der Waals surface area (Å²) in [5.41, 5.74) is 4.58. The predicted molar refractivity (Wildman–Crippen MR) is 158 cm³/mol. The summed E-state index contributed by atoms with van der Waals surface area (Å²) in [4.78, 5) is 18.0. The number of benzene rings is 3. The Hall–Kier alpha value is -3.62. The molecule has 7 nitrogen and oxygen atoms in total. The number of fused-ring (bicyclic) bond motifs is 5. The van der Waals surface area contributed by atoms with E-state index in [-0.39, 0.29) is 17.4 Å². The first-order valence-electron chi connectivity index (χ1n) is 13.4. The summed E-state index contributed by atoms with van der Waals surface area (Å²) in [5.74, 6) is 0.0693. The first-order valence-corrected chi connectivity index (χ1v) is 14.8. The Labute approximate surface area is 229 Å². The fourth-order valence-corrected chi connectivity index (χ4v) is 8.04. The van der Waals surface area contributed by atoms with Gasteiger partial charge in [-0.2, -0.15) is 4.31 Å². The van der Waals surface area contributed by atoms with Gasteiger partial charge in [0.15, 0.2) is 0 Å². The van der Waals surface area contributed by atoms with E-state index >= 15 is 0 Å². The van der Waals surface area contributed by atoms with Crippen LogP contribution in [-0.2, 0) is 16.6 Å². The second-order valence-electron chi connectivity index (χ2n) is 11.2. The molecule has 0 aliphatic carbocycles. The summed E-state index contributed by atoms with van der Waals surface area (Å²) in [6.45, 7) is 1.32. The number of hydrogen-bond acceptors (Lipinski definition) is 5. The molecule has 0 unspecified atom stereocenters. The zero-order valence-corrected chi connectivity index (χ0v) is 23.6. The van der Waals surface area contributed by atoms with Gasteiger partial charge >= 0.3 is 0 Å². The molecular formula is C31H34N4O3S. The van der Waals surface area contributed by atoms with Crippen molar-refractivity contribution in [1.29, 1.82) is 0 Å². The highest BCUT2D eigenvalue weighted by molar-refractivity contribution is 7.89. The Bertz CT molecular complexity index is 1730. The second-order valence-corrected chi connectivity index (χ2v) is 13.1. The number of anilines is 2. The minimum Gasteiger partial charge on any atom is -0.378 e. The van der Waals surface area contributed by atoms with Gasteiger partial charge in [-0.25, -0.2) is 8.42 Å². The molecule has 0 saturated carbocycles. The molecule has 0 N–H and O–H groups in total. The van der Waals surface area contributed by atoms with E-state index in [4.69, 9.17) is 0 Å². The van der Waals surface area contributed by atoms with Crippen LogP contribution in [0.1, 0.15) is 18.0 Å². The maximum absolute atomic E-state index is 14.0. The Morgan fingerprint density at radius 1 is 0.769 bits per heavy atom. The van der Waals surface area contributed by atoms with Crippen molar-refractivity contribution in [2.24, 2.45) is 5.92 Å². The van der Waals surface area contributed by atoms with Crippen LogP contribution in [0.25, 0.3) is 21.9 Å². The second kappa shape index (κ2) is 9.54. The van der Waals surface area contributed by atoms with Gasteiger partial charge in [-0.3, -0.25) is 4.79 Å². The van der Waals surface area contributed by atoms with Crippen LogP contribution in [0.15, 0.2) is 82.5 Å². The van der Waals surface area contributed by atoms with Crippen LogP contribution in [0.3, 0.4) is 0 Å². The SMILES string of the molecule is CN(C)c1ccc(-c2ccc3n(c2=O)C[C@H]2C[C@@H]3CN(S(=O)(=O)c3cccc4c(N(C)C)cccc34)C2)cc1. The standard InChI is InChI=1S/C31H34N4O3S/c1-32(2)24-13-11-22(12-14-24)25-15-16-28-23-17-21(19-35(28)31(25)36)18-34(20-23)39(37,38)30-10-6-7-26-27(30)8-5-9-29(26)33(3)4/h5-16,21,23H,17-20H2,1-4H3/t21-,23+/m0/s1. The lowest BCUT2D eigenvalue weighted by molar-refractivity contribution is 0.186. The number of aromatic nitrogens is 1. The van der Waals surface area contributed by atoms with Gasteiger partial charge in [0.05, 0.1) is 4.90 Å². The smallest absolute Gasteiger partial charge is 0.258 e. The number of sulfonamides is 1. The number of hydrogen-bond donors (Lipinski definition) is 0. The Kier molecular flexibility index (Phi) is 6.27. The lowest BCUT2D eigenvalue weighted by atomic mass is 9.84. The van der Waals surface area contributed by atoms with E-state index in [1.807, 2.05) is 109 Å². The molecule has 2 aliphatic heterocycles. The van der Waals surface area contributed by atoms with Crippen LogP contribution in [-0.4, -0.2) is 58.6 Å². The maximum atomic E-state index is 14.0. The van der Waals surface area contributed by atoms with E-state index in [1.54, 1.807) is 10.4 Å². The summed E-state index contributed by atoms with van der Waals surface area (Å²) in [7, 11) is 4.19. The number of rotatable bonds is 5. The van der Waals surface area contributed by atoms with Crippen molar-refractivity contribution in [2.75, 3.05) is 51.1 Å². The third kappa shape index (κ3) is 4.32. The highest BCUT2D eigenvalue weighted by atomic mass is 32.2. The van der Waals surface area contributed by atoms with E-state index < -0.39 is 10.0 Å². The molecule has 1 aromatic heterocycles. The van der Waals surface area contributed by atoms with Crippen LogP contribution in [0.5, 0.6) is 0 Å². The molecule has 0 spiro atoms. The van der Waals surface area contributed by atoms with Crippen molar-refractivity contribution >= 4 is 32.2 Å². The maximum Gasteiger partial charge on any atom is 0.258 e. The van der Waals surface area contributed by atoms with Gasteiger partial charge in [-0.05, 0) is 54.3 Å². The molecule has 39 heavy (non-hydrogen) atoms. The Balaban J connectivity index is 1.34. The summed E-state index contributed by atoms with van der Waals surface area (Å²) in [5, 5.41) is 1.66. The summed E-state index contributed by atoms with van der Waals surface area (Å²) >= 11 is 0. The molecule has 2 bridgehead atoms. The van der Waals surface area contributed by atoms with Crippen molar-refractivity contribution in [3.05, 3.63) is 88.8 Å². The topological polar surface area (TPSA) is 65.9 Å². The minimum atomic E-state index is -3.72. The fraction of sp³-hybridized carbons (Fsp3) is 0.323. The Morgan fingerprint density at radius 2 is 1.49 bits per heavy atom. The van der Waals surface area contributed by atoms with E-state index in [1.165, 1.54) is 0 Å². The van der Waals surface area contributed by atoms with E-state index in [0.29, 0.717) is 30.1 Å². The average Bonchev–Trinajstić information content (AvgIpc) is 2.92. The highest BCUT2D eigenvalue weighted by Gasteiger charge is 2.40. The lowest BCUT2D eigenvalue weighted by Crippen LogP contribution is -2.49. The lowest BCUT2D eigenvalue weighted by Gasteiger charge is -2.42. The van der Waals surface area contributed by atoms with Gasteiger partial charge in [-0.15, -0.1) is 0 Å². The largest absolute Gasteiger partial charge is 0.378 e. The summed E-state index contributed by atoms with van der Waals surface area (Å²) < 4.78 is 31.6. The first-order chi connectivity index (χ1) is 18.6. The van der Waals surface area contributed by atoms with Gasteiger partial charge in [0, 0.05) is 87.1 Å². The molecule has 0 amide bonds. The molecule has 3 aromatic carbocycles. The molecule has 6 rings (SSSR count). The van der Waals surface area contributed by atoms with Crippen molar-refractivity contribution in [1.82, 2.24) is 8.87 Å². The van der Waals surface area contributed by atoms with Crippen molar-refractivity contribution in [3.63, 3.8) is 0 Å². The van der Waals surface area contributed by atoms with Crippen LogP contribution >= 0.6 is 0 Å². The van der Waals surface area contributed by atoms with Gasteiger partial charge in [0.25, 0.3) is 5.56 Å². The van der Waals surface area contributed by atoms with Crippen molar-refractivity contribution in [3.8, 4) is 11.1 Å². The zero-order chi connectivity index (χ0) is 27.5. The minimum absolute atomic E-state index is 0.00128. The number of nitrogens with zero attached hydrogens (tertiary/aromatic N) is 4. The van der Waals surface area contributed by atoms with Crippen molar-refractivity contribution in [2.45, 2.75) is 23.8 Å². The van der Waals surface area contributed by atoms with Crippen molar-refractivity contribution < 1.29 is 8.42 Å². The normalized spacial score (nSPS) is 19.1. The quantitative estimate of drug-likeness (QED) is 0.369. The molecule has 3 heterocycles. The van der Waals surface area contributed by atoms with E-state index in [9.17, 15) is 13.2 Å². The van der Waals surface area contributed by atoms with Gasteiger partial charge in [0.1, 0.15) is 0 Å². The van der Waals surface area contributed by atoms with Crippen LogP contribution < -0.4 is 15.4 Å². The van der Waals surface area contributed by atoms with Gasteiger partial charge in [0.2, 0.25) is 10.0 Å². The van der Waals surface area contributed by atoms with E-state index in [2.05, 4.69) is 0 Å². The molecule has 2 aliphatic rings. The predicted octanol–water partition coefficient (Wildman–Crippen LogP) is 4.61. The zero-order valence-electron chi connectivity index (χ0n) is 22.8. The monoisotopic (exact) mass is 542 g/mol. The molecule has 202 valence electrons. The van der Waals surface area contributed by atoms with Gasteiger partial charge in [-0.1, -0.05) is 36.4 Å². The van der Waals surface area contributed by atoms with Gasteiger partial charge < -0.3 is 14.4 Å². The molecule has 1 saturated heterocycles. The summed E-state index contributed by atoms with van der Waals surface area (Å²) in [6, 6.07) is 23.3. The van der Waals surface area contributed by atoms with Crippen LogP contribution in [0, 0.1) is 5.92 Å². The first kappa shape index (κ1) is 25.6. The summed E-state index contributed by atoms with van der Waals surface area (Å²) in [6.07, 6.45) is 0.892. The highest BCUT2D eigenvalue weighted by Crippen LogP contribution is 2.39. The molecule has 1 fully saturated rings. The molecule has 8 heteroatoms. The molecule has 4 aromatic rings. The fourth-order valence-electron chi connectivity index (χ4n) is 6.28. The third-order valence-corrected chi connectivity index (χ3v) is 10.1. The third-order valence-electron chi connectivity index (χ3n) is 8.22.